The number of rotatable bonds is 0. The van der Waals surface area contributed by atoms with Gasteiger partial charge in [-0.1, -0.05) is 0 Å². The van der Waals surface area contributed by atoms with E-state index in [-0.39, 0.29) is 5.91 Å². The fourth-order valence-electron chi connectivity index (χ4n) is 0.488. The summed E-state index contributed by atoms with van der Waals surface area (Å²) in [5, 5.41) is 6.06. The fourth-order valence-corrected chi connectivity index (χ4v) is 0.588. The molecule has 0 saturated heterocycles. The molecule has 1 unspecified atom stereocenters. The van der Waals surface area contributed by atoms with Crippen LogP contribution in [0.5, 0.6) is 0 Å². The molecule has 0 aliphatic carbocycles. The summed E-state index contributed by atoms with van der Waals surface area (Å²) in [5.41, 5.74) is 0.747. The molecule has 1 aliphatic rings. The van der Waals surface area contributed by atoms with Gasteiger partial charge < -0.3 is 0 Å². The van der Waals surface area contributed by atoms with E-state index in [0.29, 0.717) is 0 Å². The first-order chi connectivity index (χ1) is 4.22. The molecule has 0 aromatic rings. The second kappa shape index (κ2) is 2.27. The zero-order chi connectivity index (χ0) is 6.85. The van der Waals surface area contributed by atoms with Crippen LogP contribution in [0.4, 0.5) is 0 Å². The summed E-state index contributed by atoms with van der Waals surface area (Å²) in [5.74, 6) is -0.378. The maximum atomic E-state index is 10.6. The van der Waals surface area contributed by atoms with Crippen LogP contribution in [0, 0.1) is 0 Å². The second-order valence-corrected chi connectivity index (χ2v) is 2.23. The van der Waals surface area contributed by atoms with Crippen molar-refractivity contribution in [3.05, 3.63) is 11.8 Å². The zero-order valence-electron chi connectivity index (χ0n) is 4.84. The van der Waals surface area contributed by atoms with E-state index in [2.05, 4.69) is 10.2 Å². The third-order valence-corrected chi connectivity index (χ3v) is 1.57. The molecule has 1 amide bonds. The highest BCUT2D eigenvalue weighted by atomic mass is 35.5. The van der Waals surface area contributed by atoms with Gasteiger partial charge in [0.25, 0.3) is 5.91 Å². The minimum atomic E-state index is -0.595. The van der Waals surface area contributed by atoms with Crippen LogP contribution < -0.4 is 0 Å². The summed E-state index contributed by atoms with van der Waals surface area (Å²) < 4.78 is 0. The molecule has 0 bridgehead atoms. The lowest BCUT2D eigenvalue weighted by molar-refractivity contribution is -0.117. The Morgan fingerprint density at radius 3 is 2.89 bits per heavy atom. The number of azo groups is 1. The van der Waals surface area contributed by atoms with Crippen LogP contribution in [0.1, 0.15) is 6.92 Å². The first-order valence-electron chi connectivity index (χ1n) is 2.47. The summed E-state index contributed by atoms with van der Waals surface area (Å²) in [6, 6.07) is 0. The lowest BCUT2D eigenvalue weighted by atomic mass is 10.2. The second-order valence-electron chi connectivity index (χ2n) is 1.79. The first-order valence-corrected chi connectivity index (χ1v) is 2.91. The third kappa shape index (κ3) is 1.16. The van der Waals surface area contributed by atoms with E-state index >= 15 is 0 Å². The van der Waals surface area contributed by atoms with Crippen molar-refractivity contribution >= 4 is 17.5 Å². The minimum absolute atomic E-state index is 0.378. The number of halogens is 1. The Labute approximate surface area is 57.4 Å². The first kappa shape index (κ1) is 6.42. The molecule has 0 fully saturated rings. The van der Waals surface area contributed by atoms with Gasteiger partial charge >= 0.3 is 0 Å². The van der Waals surface area contributed by atoms with Crippen molar-refractivity contribution in [2.45, 2.75) is 12.3 Å². The van der Waals surface area contributed by atoms with Gasteiger partial charge in [-0.2, -0.15) is 5.11 Å². The van der Waals surface area contributed by atoms with Crippen molar-refractivity contribution in [2.24, 2.45) is 10.2 Å². The van der Waals surface area contributed by atoms with E-state index in [1.54, 1.807) is 6.92 Å². The quantitative estimate of drug-likeness (QED) is 0.475. The average Bonchev–Trinajstić information content (AvgIpc) is 1.83. The molecular weight excluding hydrogens is 140 g/mol. The van der Waals surface area contributed by atoms with E-state index in [1.165, 1.54) is 6.20 Å². The van der Waals surface area contributed by atoms with Crippen molar-refractivity contribution < 1.29 is 4.79 Å². The van der Waals surface area contributed by atoms with Gasteiger partial charge in [-0.15, -0.1) is 16.7 Å². The predicted molar refractivity (Wildman–Crippen MR) is 33.3 cm³/mol. The Morgan fingerprint density at radius 1 is 1.78 bits per heavy atom. The number of carbonyl (C=O) groups excluding carboxylic acids is 1. The Balaban J connectivity index is 2.86. The molecule has 9 heavy (non-hydrogen) atoms. The number of amides is 1. The highest BCUT2D eigenvalue weighted by Crippen LogP contribution is 2.14. The van der Waals surface area contributed by atoms with Crippen LogP contribution in [0.15, 0.2) is 22.0 Å². The van der Waals surface area contributed by atoms with Gasteiger partial charge in [-0.25, -0.2) is 0 Å². The molecule has 1 rings (SSSR count). The molecule has 3 nitrogen and oxygen atoms in total. The molecule has 0 aromatic heterocycles. The maximum absolute atomic E-state index is 10.6. The summed E-state index contributed by atoms with van der Waals surface area (Å²) in [6.45, 7) is 1.74. The Morgan fingerprint density at radius 2 is 2.44 bits per heavy atom. The predicted octanol–water partition coefficient (Wildman–Crippen LogP) is 1.49. The summed E-state index contributed by atoms with van der Waals surface area (Å²) in [7, 11) is 0. The van der Waals surface area contributed by atoms with Gasteiger partial charge in [0.2, 0.25) is 0 Å². The number of carbonyl (C=O) groups is 1. The van der Waals surface area contributed by atoms with Crippen molar-refractivity contribution in [3.63, 3.8) is 0 Å². The highest BCUT2D eigenvalue weighted by Gasteiger charge is 2.18. The Kier molecular flexibility index (Phi) is 1.62. The van der Waals surface area contributed by atoms with Gasteiger partial charge in [0.1, 0.15) is 5.38 Å². The van der Waals surface area contributed by atoms with Crippen molar-refractivity contribution in [1.29, 1.82) is 0 Å². The third-order valence-electron chi connectivity index (χ3n) is 1.03. The van der Waals surface area contributed by atoms with Gasteiger partial charge in [-0.05, 0) is 12.5 Å². The molecule has 1 heterocycles. The monoisotopic (exact) mass is 144 g/mol. The standard InChI is InChI=1S/C5H5ClN2O/c1-3-2-7-8-5(9)4(3)6/h2,4H,1H3. The van der Waals surface area contributed by atoms with E-state index in [4.69, 9.17) is 11.6 Å². The van der Waals surface area contributed by atoms with Gasteiger partial charge in [0.15, 0.2) is 0 Å². The Hall–Kier alpha value is -0.700. The number of hydrogen-bond acceptors (Lipinski definition) is 2. The summed E-state index contributed by atoms with van der Waals surface area (Å²) in [6.07, 6.45) is 1.49. The largest absolute Gasteiger partial charge is 0.286 e. The molecule has 0 saturated carbocycles. The van der Waals surface area contributed by atoms with E-state index < -0.39 is 5.38 Å². The smallest absolute Gasteiger partial charge is 0.269 e. The lowest BCUT2D eigenvalue weighted by Gasteiger charge is -2.05. The molecule has 0 N–H and O–H groups in total. The van der Waals surface area contributed by atoms with Crippen LogP contribution in [0.2, 0.25) is 0 Å². The van der Waals surface area contributed by atoms with Crippen LogP contribution in [-0.4, -0.2) is 11.3 Å². The average molecular weight is 145 g/mol. The van der Waals surface area contributed by atoms with Crippen LogP contribution in [-0.2, 0) is 4.79 Å². The lowest BCUT2D eigenvalue weighted by Crippen LogP contribution is -2.14. The minimum Gasteiger partial charge on any atom is -0.269 e. The molecule has 1 aliphatic heterocycles. The Bertz CT molecular complexity index is 197. The van der Waals surface area contributed by atoms with E-state index in [9.17, 15) is 4.79 Å². The number of hydrogen-bond donors (Lipinski definition) is 0. The van der Waals surface area contributed by atoms with Crippen LogP contribution in [0.25, 0.3) is 0 Å². The molecule has 48 valence electrons. The van der Waals surface area contributed by atoms with Gasteiger partial charge in [-0.3, -0.25) is 4.79 Å². The topological polar surface area (TPSA) is 41.8 Å². The van der Waals surface area contributed by atoms with E-state index in [0.717, 1.165) is 5.57 Å². The van der Waals surface area contributed by atoms with Crippen molar-refractivity contribution in [3.8, 4) is 0 Å². The van der Waals surface area contributed by atoms with Crippen molar-refractivity contribution in [1.82, 2.24) is 0 Å². The van der Waals surface area contributed by atoms with Gasteiger partial charge in [0.05, 0.1) is 6.20 Å². The number of alkyl halides is 1. The van der Waals surface area contributed by atoms with E-state index in [1.807, 2.05) is 0 Å². The summed E-state index contributed by atoms with van der Waals surface area (Å²) in [4.78, 5) is 10.6. The SMILES string of the molecule is CC1=CN=NC(=O)C1Cl. The van der Waals surface area contributed by atoms with Crippen LogP contribution >= 0.6 is 11.6 Å². The normalized spacial score (nSPS) is 26.2. The molecular formula is C5H5ClN2O. The maximum Gasteiger partial charge on any atom is 0.286 e. The van der Waals surface area contributed by atoms with Crippen molar-refractivity contribution in [2.75, 3.05) is 0 Å². The molecule has 0 spiro atoms. The molecule has 4 heteroatoms. The fraction of sp³-hybridized carbons (Fsp3) is 0.400. The number of nitrogens with zero attached hydrogens (tertiary/aromatic N) is 2. The summed E-state index contributed by atoms with van der Waals surface area (Å²) >= 11 is 5.55. The molecule has 1 atom stereocenters. The van der Waals surface area contributed by atoms with Crippen LogP contribution in [0.3, 0.4) is 0 Å². The molecule has 0 aromatic carbocycles. The zero-order valence-corrected chi connectivity index (χ0v) is 5.59. The van der Waals surface area contributed by atoms with Gasteiger partial charge in [0, 0.05) is 0 Å². The highest BCUT2D eigenvalue weighted by molar-refractivity contribution is 6.33. The molecule has 0 radical (unpaired) electrons.